The van der Waals surface area contributed by atoms with Gasteiger partial charge in [-0.3, -0.25) is 4.79 Å². The molecule has 256 valence electrons. The summed E-state index contributed by atoms with van der Waals surface area (Å²) in [6.45, 7) is 10.2. The van der Waals surface area contributed by atoms with Crippen molar-refractivity contribution in [2.45, 2.75) is 70.9 Å². The van der Waals surface area contributed by atoms with Crippen molar-refractivity contribution in [3.63, 3.8) is 0 Å². The van der Waals surface area contributed by atoms with Gasteiger partial charge in [0.15, 0.2) is 0 Å². The SMILES string of the molecule is Cc1nc(CN2CCN(C(C(=O)N[C@@H](Cc3ccccc3)[C@H](O)CN(CC(C)C)S(=O)(=O)c3ccc(/C=N/O)o3)C(C)C)C2=O)cs1. The molecule has 4 rings (SSSR count). The molecule has 15 heteroatoms. The Bertz CT molecular complexity index is 1620. The number of sulfonamides is 1. The minimum absolute atomic E-state index is 0.0433. The maximum atomic E-state index is 14.0. The molecule has 3 N–H and O–H groups in total. The number of aliphatic hydroxyl groups is 1. The fraction of sp³-hybridized carbons (Fsp3) is 0.500. The molecule has 1 unspecified atom stereocenters. The zero-order chi connectivity index (χ0) is 34.3. The predicted octanol–water partition coefficient (Wildman–Crippen LogP) is 3.55. The number of aliphatic hydroxyl groups excluding tert-OH is 1. The van der Waals surface area contributed by atoms with Crippen LogP contribution < -0.4 is 5.32 Å². The summed E-state index contributed by atoms with van der Waals surface area (Å²) in [6, 6.07) is 9.92. The lowest BCUT2D eigenvalue weighted by atomic mass is 9.97. The van der Waals surface area contributed by atoms with Gasteiger partial charge in [-0.05, 0) is 42.9 Å². The molecule has 0 radical (unpaired) electrons. The molecule has 3 heterocycles. The first kappa shape index (κ1) is 36.1. The van der Waals surface area contributed by atoms with Gasteiger partial charge >= 0.3 is 6.03 Å². The van der Waals surface area contributed by atoms with Crippen LogP contribution in [0.3, 0.4) is 0 Å². The van der Waals surface area contributed by atoms with E-state index in [4.69, 9.17) is 9.62 Å². The summed E-state index contributed by atoms with van der Waals surface area (Å²) in [7, 11) is -4.22. The van der Waals surface area contributed by atoms with Gasteiger partial charge in [-0.1, -0.05) is 63.2 Å². The van der Waals surface area contributed by atoms with E-state index in [9.17, 15) is 23.1 Å². The van der Waals surface area contributed by atoms with Gasteiger partial charge in [-0.2, -0.15) is 4.31 Å². The maximum absolute atomic E-state index is 14.0. The van der Waals surface area contributed by atoms with Gasteiger partial charge in [0.25, 0.3) is 10.0 Å². The molecule has 3 atom stereocenters. The van der Waals surface area contributed by atoms with Crippen molar-refractivity contribution in [2.24, 2.45) is 17.0 Å². The van der Waals surface area contributed by atoms with E-state index < -0.39 is 34.1 Å². The van der Waals surface area contributed by atoms with Crippen LogP contribution in [0.5, 0.6) is 0 Å². The number of amides is 3. The van der Waals surface area contributed by atoms with Gasteiger partial charge in [0.05, 0.1) is 29.4 Å². The fourth-order valence-electron chi connectivity index (χ4n) is 5.65. The van der Waals surface area contributed by atoms with E-state index in [0.717, 1.165) is 26.8 Å². The lowest BCUT2D eigenvalue weighted by Gasteiger charge is -2.34. The number of hydrogen-bond donors (Lipinski definition) is 3. The molecule has 1 aromatic carbocycles. The van der Waals surface area contributed by atoms with Gasteiger partial charge in [0, 0.05) is 31.6 Å². The number of urea groups is 1. The highest BCUT2D eigenvalue weighted by Gasteiger charge is 2.41. The number of rotatable bonds is 16. The third kappa shape index (κ3) is 9.18. The number of oxime groups is 1. The number of carbonyl (C=O) groups is 2. The van der Waals surface area contributed by atoms with Crippen LogP contribution in [-0.4, -0.2) is 100 Å². The first-order valence-corrected chi connectivity index (χ1v) is 17.9. The number of benzene rings is 1. The van der Waals surface area contributed by atoms with Crippen molar-refractivity contribution in [1.82, 2.24) is 24.4 Å². The number of aryl methyl sites for hydroxylation is 1. The standard InChI is InChI=1S/C32H44N6O7S2/c1-21(2)17-37(47(43,44)29-12-11-26(45-29)16-33-42)19-28(39)27(15-24-9-7-6-8-10-24)35-31(40)30(22(3)4)38-14-13-36(32(38)41)18-25-20-46-23(5)34-25/h6-12,16,20-22,27-28,30,39,42H,13-15,17-19H2,1-5H3,(H,35,40)/b33-16+/t27-,28+,30?/m0/s1. The summed E-state index contributed by atoms with van der Waals surface area (Å²) >= 11 is 1.52. The first-order valence-electron chi connectivity index (χ1n) is 15.6. The molecule has 3 amide bonds. The van der Waals surface area contributed by atoms with Gasteiger partial charge in [-0.15, -0.1) is 11.3 Å². The Morgan fingerprint density at radius 3 is 2.49 bits per heavy atom. The monoisotopic (exact) mass is 688 g/mol. The van der Waals surface area contributed by atoms with E-state index in [-0.39, 0.29) is 48.2 Å². The summed E-state index contributed by atoms with van der Waals surface area (Å²) in [5, 5.41) is 28.8. The molecule has 0 aliphatic carbocycles. The summed E-state index contributed by atoms with van der Waals surface area (Å²) in [6.07, 6.45) is -0.135. The predicted molar refractivity (Wildman–Crippen MR) is 178 cm³/mol. The van der Waals surface area contributed by atoms with Crippen LogP contribution in [0.15, 0.2) is 62.5 Å². The second-order valence-electron chi connectivity index (χ2n) is 12.4. The molecule has 1 saturated heterocycles. The molecule has 0 saturated carbocycles. The minimum atomic E-state index is -4.22. The second-order valence-corrected chi connectivity index (χ2v) is 15.4. The number of hydrogen-bond acceptors (Lipinski definition) is 10. The first-order chi connectivity index (χ1) is 22.3. The number of nitrogens with one attached hydrogen (secondary N) is 1. The Hall–Kier alpha value is -3.79. The normalized spacial score (nSPS) is 16.1. The van der Waals surface area contributed by atoms with E-state index in [1.54, 1.807) is 9.80 Å². The van der Waals surface area contributed by atoms with Crippen molar-refractivity contribution in [1.29, 1.82) is 0 Å². The summed E-state index contributed by atoms with van der Waals surface area (Å²) < 4.78 is 33.9. The molecular weight excluding hydrogens is 645 g/mol. The highest BCUT2D eigenvalue weighted by molar-refractivity contribution is 7.89. The average Bonchev–Trinajstić information content (AvgIpc) is 3.74. The number of furan rings is 1. The third-order valence-corrected chi connectivity index (χ3v) is 10.3. The topological polar surface area (TPSA) is 169 Å². The zero-order valence-corrected chi connectivity index (χ0v) is 28.9. The van der Waals surface area contributed by atoms with E-state index in [2.05, 4.69) is 15.5 Å². The molecule has 1 fully saturated rings. The summed E-state index contributed by atoms with van der Waals surface area (Å²) in [5.41, 5.74) is 1.63. The molecule has 3 aromatic rings. The molecule has 0 bridgehead atoms. The van der Waals surface area contributed by atoms with Crippen LogP contribution in [0.25, 0.3) is 0 Å². The average molecular weight is 689 g/mol. The van der Waals surface area contributed by atoms with Crippen LogP contribution >= 0.6 is 11.3 Å². The van der Waals surface area contributed by atoms with Gasteiger partial charge in [-0.25, -0.2) is 18.2 Å². The largest absolute Gasteiger partial charge is 0.442 e. The van der Waals surface area contributed by atoms with E-state index in [1.807, 2.05) is 70.3 Å². The second kappa shape index (κ2) is 15.9. The molecule has 1 aliphatic heterocycles. The van der Waals surface area contributed by atoms with E-state index in [0.29, 0.717) is 19.6 Å². The lowest BCUT2D eigenvalue weighted by molar-refractivity contribution is -0.128. The third-order valence-electron chi connectivity index (χ3n) is 7.81. The lowest BCUT2D eigenvalue weighted by Crippen LogP contribution is -2.57. The Morgan fingerprint density at radius 2 is 1.87 bits per heavy atom. The zero-order valence-electron chi connectivity index (χ0n) is 27.3. The minimum Gasteiger partial charge on any atom is -0.442 e. The number of carbonyl (C=O) groups excluding carboxylic acids is 2. The number of aromatic nitrogens is 1. The van der Waals surface area contributed by atoms with Crippen molar-refractivity contribution < 1.29 is 32.7 Å². The fourth-order valence-corrected chi connectivity index (χ4v) is 7.79. The van der Waals surface area contributed by atoms with Crippen molar-refractivity contribution in [2.75, 3.05) is 26.2 Å². The van der Waals surface area contributed by atoms with Crippen LogP contribution in [0, 0.1) is 18.8 Å². The molecular formula is C32H44N6O7S2. The Labute approximate surface area is 279 Å². The van der Waals surface area contributed by atoms with E-state index in [1.165, 1.54) is 23.5 Å². The molecule has 2 aromatic heterocycles. The summed E-state index contributed by atoms with van der Waals surface area (Å²) in [5.74, 6) is -0.739. The smallest absolute Gasteiger partial charge is 0.321 e. The van der Waals surface area contributed by atoms with Crippen molar-refractivity contribution in [3.8, 4) is 0 Å². The van der Waals surface area contributed by atoms with Crippen molar-refractivity contribution in [3.05, 3.63) is 69.9 Å². The number of nitrogens with zero attached hydrogens (tertiary/aromatic N) is 5. The highest BCUT2D eigenvalue weighted by Crippen LogP contribution is 2.23. The Morgan fingerprint density at radius 1 is 1.15 bits per heavy atom. The van der Waals surface area contributed by atoms with Crippen LogP contribution in [0.1, 0.15) is 49.7 Å². The Balaban J connectivity index is 1.57. The highest BCUT2D eigenvalue weighted by atomic mass is 32.2. The number of thiazole rings is 1. The van der Waals surface area contributed by atoms with E-state index >= 15 is 0 Å². The molecule has 1 aliphatic rings. The van der Waals surface area contributed by atoms with Crippen LogP contribution in [-0.2, 0) is 27.8 Å². The molecule has 0 spiro atoms. The van der Waals surface area contributed by atoms with Gasteiger partial charge in [0.1, 0.15) is 18.0 Å². The molecule has 47 heavy (non-hydrogen) atoms. The molecule has 13 nitrogen and oxygen atoms in total. The van der Waals surface area contributed by atoms with Gasteiger partial charge in [0.2, 0.25) is 11.0 Å². The Kier molecular flexibility index (Phi) is 12.2. The maximum Gasteiger partial charge on any atom is 0.321 e. The van der Waals surface area contributed by atoms with Crippen LogP contribution in [0.2, 0.25) is 0 Å². The van der Waals surface area contributed by atoms with Crippen LogP contribution in [0.4, 0.5) is 4.79 Å². The summed E-state index contributed by atoms with van der Waals surface area (Å²) in [4.78, 5) is 35.2. The van der Waals surface area contributed by atoms with Crippen molar-refractivity contribution >= 4 is 39.5 Å². The van der Waals surface area contributed by atoms with Gasteiger partial charge < -0.3 is 29.8 Å². The quantitative estimate of drug-likeness (QED) is 0.117.